The van der Waals surface area contributed by atoms with E-state index < -0.39 is 0 Å². The molecule has 5 nitrogen and oxygen atoms in total. The van der Waals surface area contributed by atoms with Crippen molar-refractivity contribution in [2.24, 2.45) is 5.92 Å². The highest BCUT2D eigenvalue weighted by Gasteiger charge is 2.34. The van der Waals surface area contributed by atoms with Crippen molar-refractivity contribution in [2.75, 3.05) is 19.6 Å². The van der Waals surface area contributed by atoms with Crippen LogP contribution in [-0.2, 0) is 11.3 Å². The lowest BCUT2D eigenvalue weighted by atomic mass is 9.83. The van der Waals surface area contributed by atoms with Crippen molar-refractivity contribution in [3.05, 3.63) is 70.5 Å². The van der Waals surface area contributed by atoms with Crippen LogP contribution < -0.4 is 10.6 Å². The quantitative estimate of drug-likeness (QED) is 0.784. The first kappa shape index (κ1) is 21.8. The zero-order valence-electron chi connectivity index (χ0n) is 17.9. The van der Waals surface area contributed by atoms with Gasteiger partial charge in [0.25, 0.3) is 0 Å². The molecule has 2 aromatic carbocycles. The van der Waals surface area contributed by atoms with E-state index in [1.54, 1.807) is 17.9 Å². The van der Waals surface area contributed by atoms with Gasteiger partial charge in [-0.1, -0.05) is 42.0 Å². The zero-order chi connectivity index (χ0) is 21.7. The van der Waals surface area contributed by atoms with Crippen LogP contribution in [0.25, 0.3) is 0 Å². The van der Waals surface area contributed by atoms with Crippen LogP contribution in [0.2, 0.25) is 0 Å². The molecule has 1 aliphatic heterocycles. The average molecular weight is 412 g/mol. The van der Waals surface area contributed by atoms with Gasteiger partial charge in [-0.25, -0.2) is 9.18 Å². The second kappa shape index (κ2) is 9.74. The van der Waals surface area contributed by atoms with Crippen LogP contribution in [0, 0.1) is 25.6 Å². The molecule has 2 aromatic rings. The largest absolute Gasteiger partial charge is 0.352 e. The van der Waals surface area contributed by atoms with Crippen LogP contribution in [0.1, 0.15) is 41.5 Å². The number of urea groups is 1. The summed E-state index contributed by atoms with van der Waals surface area (Å²) in [7, 11) is 0. The summed E-state index contributed by atoms with van der Waals surface area (Å²) in [5.74, 6) is -0.645. The van der Waals surface area contributed by atoms with Crippen LogP contribution in [0.5, 0.6) is 0 Å². The molecule has 0 saturated carbocycles. The van der Waals surface area contributed by atoms with Crippen LogP contribution in [0.4, 0.5) is 9.18 Å². The van der Waals surface area contributed by atoms with Gasteiger partial charge < -0.3 is 15.5 Å². The third kappa shape index (κ3) is 5.38. The third-order valence-electron chi connectivity index (χ3n) is 5.64. The van der Waals surface area contributed by atoms with Crippen molar-refractivity contribution in [2.45, 2.75) is 39.7 Å². The van der Waals surface area contributed by atoms with E-state index in [1.807, 2.05) is 44.2 Å². The SMILES string of the molecule is CCNC(=O)N1C[C@H](C(=O)NCc2cccc(C)c2)C[C@@H](c2ccc(F)c(C)c2)C1. The molecular formula is C24H30FN3O2. The Hall–Kier alpha value is -2.89. The summed E-state index contributed by atoms with van der Waals surface area (Å²) < 4.78 is 13.7. The molecule has 2 N–H and O–H groups in total. The Morgan fingerprint density at radius 1 is 1.10 bits per heavy atom. The van der Waals surface area contributed by atoms with E-state index in [2.05, 4.69) is 10.6 Å². The van der Waals surface area contributed by atoms with Crippen LogP contribution >= 0.6 is 0 Å². The van der Waals surface area contributed by atoms with Crippen LogP contribution in [0.3, 0.4) is 0 Å². The number of hydrogen-bond donors (Lipinski definition) is 2. The van der Waals surface area contributed by atoms with Crippen molar-refractivity contribution in [3.63, 3.8) is 0 Å². The summed E-state index contributed by atoms with van der Waals surface area (Å²) in [6.07, 6.45) is 0.626. The third-order valence-corrected chi connectivity index (χ3v) is 5.64. The lowest BCUT2D eigenvalue weighted by Gasteiger charge is -2.37. The number of carbonyl (C=O) groups is 2. The molecular weight excluding hydrogens is 381 g/mol. The van der Waals surface area contributed by atoms with Crippen LogP contribution in [0.15, 0.2) is 42.5 Å². The molecule has 0 aromatic heterocycles. The standard InChI is InChI=1S/C24H30FN3O2/c1-4-26-24(30)28-14-20(19-8-9-22(25)17(3)11-19)12-21(15-28)23(29)27-13-18-7-5-6-16(2)10-18/h5-11,20-21H,4,12-15H2,1-3H3,(H,26,30)(H,27,29)/t20-,21-/m1/s1. The highest BCUT2D eigenvalue weighted by Crippen LogP contribution is 2.31. The Kier molecular flexibility index (Phi) is 7.08. The molecule has 6 heteroatoms. The number of carbonyl (C=O) groups excluding carboxylic acids is 2. The number of nitrogens with zero attached hydrogens (tertiary/aromatic N) is 1. The lowest BCUT2D eigenvalue weighted by molar-refractivity contribution is -0.126. The average Bonchev–Trinajstić information content (AvgIpc) is 2.74. The fourth-order valence-corrected chi connectivity index (χ4v) is 4.04. The molecule has 0 aliphatic carbocycles. The van der Waals surface area contributed by atoms with Crippen molar-refractivity contribution in [1.29, 1.82) is 0 Å². The highest BCUT2D eigenvalue weighted by atomic mass is 19.1. The van der Waals surface area contributed by atoms with Crippen molar-refractivity contribution in [1.82, 2.24) is 15.5 Å². The summed E-state index contributed by atoms with van der Waals surface area (Å²) in [5, 5.41) is 5.85. The van der Waals surface area contributed by atoms with E-state index >= 15 is 0 Å². The first-order valence-electron chi connectivity index (χ1n) is 10.5. The van der Waals surface area contributed by atoms with E-state index in [9.17, 15) is 14.0 Å². The molecule has 1 saturated heterocycles. The molecule has 0 unspecified atom stereocenters. The van der Waals surface area contributed by atoms with Gasteiger partial charge in [-0.2, -0.15) is 0 Å². The molecule has 160 valence electrons. The van der Waals surface area contributed by atoms with Gasteiger partial charge in [-0.05, 0) is 49.9 Å². The zero-order valence-corrected chi connectivity index (χ0v) is 17.9. The Labute approximate surface area is 177 Å². The summed E-state index contributed by atoms with van der Waals surface area (Å²) >= 11 is 0. The molecule has 1 fully saturated rings. The number of halogens is 1. The summed E-state index contributed by atoms with van der Waals surface area (Å²) in [4.78, 5) is 27.2. The minimum absolute atomic E-state index is 0.0182. The van der Waals surface area contributed by atoms with E-state index in [-0.39, 0.29) is 29.6 Å². The van der Waals surface area contributed by atoms with Crippen molar-refractivity contribution in [3.8, 4) is 0 Å². The van der Waals surface area contributed by atoms with Crippen molar-refractivity contribution < 1.29 is 14.0 Å². The maximum atomic E-state index is 13.7. The number of piperidine rings is 1. The fraction of sp³-hybridized carbons (Fsp3) is 0.417. The second-order valence-electron chi connectivity index (χ2n) is 8.09. The van der Waals surface area contributed by atoms with Gasteiger partial charge in [0.15, 0.2) is 0 Å². The number of amides is 3. The lowest BCUT2D eigenvalue weighted by Crippen LogP contribution is -2.51. The first-order valence-corrected chi connectivity index (χ1v) is 10.5. The number of benzene rings is 2. The Morgan fingerprint density at radius 2 is 1.90 bits per heavy atom. The molecule has 3 rings (SSSR count). The Morgan fingerprint density at radius 3 is 2.60 bits per heavy atom. The molecule has 0 bridgehead atoms. The van der Waals surface area contributed by atoms with Crippen LogP contribution in [-0.4, -0.2) is 36.5 Å². The Bertz CT molecular complexity index is 915. The second-order valence-corrected chi connectivity index (χ2v) is 8.09. The molecule has 1 aliphatic rings. The molecule has 1 heterocycles. The minimum atomic E-state index is -0.318. The van der Waals surface area contributed by atoms with Crippen molar-refractivity contribution >= 4 is 11.9 Å². The predicted octanol–water partition coefficient (Wildman–Crippen LogP) is 3.89. The van der Waals surface area contributed by atoms with Gasteiger partial charge in [0, 0.05) is 32.1 Å². The molecule has 30 heavy (non-hydrogen) atoms. The summed E-state index contributed by atoms with van der Waals surface area (Å²) in [6, 6.07) is 12.9. The highest BCUT2D eigenvalue weighted by molar-refractivity contribution is 5.81. The van der Waals surface area contributed by atoms with E-state index in [1.165, 1.54) is 6.07 Å². The van der Waals surface area contributed by atoms with Gasteiger partial charge >= 0.3 is 6.03 Å². The maximum Gasteiger partial charge on any atom is 0.317 e. The van der Waals surface area contributed by atoms with Gasteiger partial charge in [-0.3, -0.25) is 4.79 Å². The first-order chi connectivity index (χ1) is 14.4. The minimum Gasteiger partial charge on any atom is -0.352 e. The van der Waals surface area contributed by atoms with Gasteiger partial charge in [0.2, 0.25) is 5.91 Å². The molecule has 3 amide bonds. The fourth-order valence-electron chi connectivity index (χ4n) is 4.04. The predicted molar refractivity (Wildman–Crippen MR) is 116 cm³/mol. The van der Waals surface area contributed by atoms with E-state index in [0.29, 0.717) is 38.2 Å². The van der Waals surface area contributed by atoms with Gasteiger partial charge in [0.05, 0.1) is 5.92 Å². The molecule has 2 atom stereocenters. The molecule has 0 radical (unpaired) electrons. The van der Waals surface area contributed by atoms with E-state index in [4.69, 9.17) is 0 Å². The number of aryl methyl sites for hydroxylation is 2. The molecule has 0 spiro atoms. The van der Waals surface area contributed by atoms with E-state index in [0.717, 1.165) is 16.7 Å². The number of nitrogens with one attached hydrogen (secondary N) is 2. The normalized spacial score (nSPS) is 18.7. The smallest absolute Gasteiger partial charge is 0.317 e. The van der Waals surface area contributed by atoms with Gasteiger partial charge in [0.1, 0.15) is 5.82 Å². The number of likely N-dealkylation sites (tertiary alicyclic amines) is 1. The summed E-state index contributed by atoms with van der Waals surface area (Å²) in [6.45, 7) is 7.50. The number of rotatable bonds is 5. The maximum absolute atomic E-state index is 13.7. The Balaban J connectivity index is 1.75. The number of hydrogen-bond acceptors (Lipinski definition) is 2. The monoisotopic (exact) mass is 411 g/mol. The van der Waals surface area contributed by atoms with Gasteiger partial charge in [-0.15, -0.1) is 0 Å². The topological polar surface area (TPSA) is 61.4 Å². The summed E-state index contributed by atoms with van der Waals surface area (Å²) in [5.41, 5.74) is 3.72.